The molecule has 1 aromatic rings. The fourth-order valence-electron chi connectivity index (χ4n) is 2.59. The van der Waals surface area contributed by atoms with Gasteiger partial charge >= 0.3 is 12.1 Å². The second-order valence-corrected chi connectivity index (χ2v) is 6.48. The summed E-state index contributed by atoms with van der Waals surface area (Å²) in [5.74, 6) is -3.32. The maximum atomic E-state index is 13.0. The van der Waals surface area contributed by atoms with E-state index < -0.39 is 12.1 Å². The molecule has 0 aliphatic carbocycles. The minimum atomic E-state index is -5.08. The summed E-state index contributed by atoms with van der Waals surface area (Å²) in [4.78, 5) is 37.1. The summed E-state index contributed by atoms with van der Waals surface area (Å²) in [6, 6.07) is 5.42. The van der Waals surface area contributed by atoms with Gasteiger partial charge < -0.3 is 25.0 Å². The van der Waals surface area contributed by atoms with Crippen LogP contribution in [0.5, 0.6) is 0 Å². The number of nitrogens with one attached hydrogen (secondary N) is 1. The summed E-state index contributed by atoms with van der Waals surface area (Å²) in [6.07, 6.45) is -4.81. The van der Waals surface area contributed by atoms with Gasteiger partial charge in [-0.05, 0) is 24.3 Å². The number of methoxy groups -OCH3 is 1. The van der Waals surface area contributed by atoms with Gasteiger partial charge in [0.1, 0.15) is 5.82 Å². The number of amides is 2. The molecule has 1 aliphatic rings. The highest BCUT2D eigenvalue weighted by molar-refractivity contribution is 5.94. The quantitative estimate of drug-likeness (QED) is 0.608. The standard InChI is InChI=1S/C17H24FN3O3.C2HF3O2/c1-24-13-12-21(17(23)14-2-4-15(18)5-3-14)9-6-16(22)20-10-7-19-8-11-20;3-2(4,5)1(6)7/h2-5,19H,6-13H2,1H3;(H,6,7). The van der Waals surface area contributed by atoms with Crippen molar-refractivity contribution in [2.45, 2.75) is 12.6 Å². The molecule has 1 saturated heterocycles. The molecular formula is C19H25F4N3O5. The number of hydrogen-bond donors (Lipinski definition) is 2. The summed E-state index contributed by atoms with van der Waals surface area (Å²) < 4.78 is 49.8. The van der Waals surface area contributed by atoms with E-state index >= 15 is 0 Å². The zero-order chi connectivity index (χ0) is 23.4. The lowest BCUT2D eigenvalue weighted by Crippen LogP contribution is -2.47. The predicted molar refractivity (Wildman–Crippen MR) is 102 cm³/mol. The summed E-state index contributed by atoms with van der Waals surface area (Å²) in [5.41, 5.74) is 0.405. The van der Waals surface area contributed by atoms with Crippen molar-refractivity contribution in [1.82, 2.24) is 15.1 Å². The number of alkyl halides is 3. The largest absolute Gasteiger partial charge is 0.490 e. The van der Waals surface area contributed by atoms with E-state index in [-0.39, 0.29) is 24.1 Å². The molecule has 1 aromatic carbocycles. The monoisotopic (exact) mass is 451 g/mol. The highest BCUT2D eigenvalue weighted by Crippen LogP contribution is 2.13. The van der Waals surface area contributed by atoms with Crippen LogP contribution in [0.15, 0.2) is 24.3 Å². The Morgan fingerprint density at radius 3 is 2.16 bits per heavy atom. The fourth-order valence-corrected chi connectivity index (χ4v) is 2.59. The molecule has 2 N–H and O–H groups in total. The molecule has 8 nitrogen and oxygen atoms in total. The van der Waals surface area contributed by atoms with Gasteiger partial charge in [0, 0.05) is 58.4 Å². The number of carbonyl (C=O) groups is 3. The van der Waals surface area contributed by atoms with Gasteiger partial charge in [0.15, 0.2) is 0 Å². The SMILES string of the molecule is COCCN(CCC(=O)N1CCNCC1)C(=O)c1ccc(F)cc1.O=C(O)C(F)(F)F. The normalized spacial score (nSPS) is 13.8. The molecule has 0 atom stereocenters. The Hall–Kier alpha value is -2.73. The molecule has 0 radical (unpaired) electrons. The van der Waals surface area contributed by atoms with Crippen molar-refractivity contribution in [3.63, 3.8) is 0 Å². The number of aliphatic carboxylic acids is 1. The van der Waals surface area contributed by atoms with Crippen molar-refractivity contribution in [3.8, 4) is 0 Å². The first-order valence-corrected chi connectivity index (χ1v) is 9.38. The number of carboxylic acid groups (broad SMARTS) is 1. The molecule has 0 unspecified atom stereocenters. The van der Waals surface area contributed by atoms with Crippen LogP contribution >= 0.6 is 0 Å². The van der Waals surface area contributed by atoms with Gasteiger partial charge in [0.05, 0.1) is 6.61 Å². The highest BCUT2D eigenvalue weighted by Gasteiger charge is 2.38. The van der Waals surface area contributed by atoms with Crippen molar-refractivity contribution in [3.05, 3.63) is 35.6 Å². The van der Waals surface area contributed by atoms with Gasteiger partial charge in [-0.25, -0.2) is 9.18 Å². The molecule has 12 heteroatoms. The summed E-state index contributed by atoms with van der Waals surface area (Å²) in [6.45, 7) is 4.09. The number of carbonyl (C=O) groups excluding carboxylic acids is 2. The number of ether oxygens (including phenoxy) is 1. The number of rotatable bonds is 7. The van der Waals surface area contributed by atoms with Crippen molar-refractivity contribution in [1.29, 1.82) is 0 Å². The first-order valence-electron chi connectivity index (χ1n) is 9.38. The smallest absolute Gasteiger partial charge is 0.475 e. The van der Waals surface area contributed by atoms with Gasteiger partial charge in [-0.3, -0.25) is 9.59 Å². The van der Waals surface area contributed by atoms with Gasteiger partial charge in [-0.2, -0.15) is 13.2 Å². The van der Waals surface area contributed by atoms with Gasteiger partial charge in [-0.15, -0.1) is 0 Å². The Bertz CT molecular complexity index is 722. The number of piperazine rings is 1. The van der Waals surface area contributed by atoms with E-state index in [1.54, 1.807) is 12.0 Å². The van der Waals surface area contributed by atoms with Gasteiger partial charge in [0.2, 0.25) is 5.91 Å². The lowest BCUT2D eigenvalue weighted by atomic mass is 10.2. The fraction of sp³-hybridized carbons (Fsp3) is 0.526. The van der Waals surface area contributed by atoms with Crippen molar-refractivity contribution >= 4 is 17.8 Å². The lowest BCUT2D eigenvalue weighted by molar-refractivity contribution is -0.192. The summed E-state index contributed by atoms with van der Waals surface area (Å²) >= 11 is 0. The van der Waals surface area contributed by atoms with Crippen LogP contribution in [0.25, 0.3) is 0 Å². The molecule has 1 fully saturated rings. The van der Waals surface area contributed by atoms with Gasteiger partial charge in [-0.1, -0.05) is 0 Å². The Kier molecular flexibility index (Phi) is 10.9. The molecule has 0 bridgehead atoms. The molecular weight excluding hydrogens is 426 g/mol. The Balaban J connectivity index is 0.000000592. The topological polar surface area (TPSA) is 99.2 Å². The molecule has 1 aliphatic heterocycles. The van der Waals surface area contributed by atoms with Crippen LogP contribution in [-0.4, -0.2) is 91.9 Å². The molecule has 174 valence electrons. The van der Waals surface area contributed by atoms with E-state index in [0.29, 0.717) is 38.3 Å². The van der Waals surface area contributed by atoms with Gasteiger partial charge in [0.25, 0.3) is 5.91 Å². The third-order valence-corrected chi connectivity index (χ3v) is 4.25. The zero-order valence-corrected chi connectivity index (χ0v) is 17.0. The average molecular weight is 451 g/mol. The zero-order valence-electron chi connectivity index (χ0n) is 17.0. The van der Waals surface area contributed by atoms with E-state index in [0.717, 1.165) is 13.1 Å². The number of carboxylic acids is 1. The predicted octanol–water partition coefficient (Wildman–Crippen LogP) is 1.37. The van der Waals surface area contributed by atoms with Crippen LogP contribution in [0.3, 0.4) is 0 Å². The van der Waals surface area contributed by atoms with Crippen molar-refractivity contribution in [2.75, 3.05) is 53.0 Å². The molecule has 1 heterocycles. The number of benzene rings is 1. The third-order valence-electron chi connectivity index (χ3n) is 4.25. The van der Waals surface area contributed by atoms with Crippen LogP contribution in [-0.2, 0) is 14.3 Å². The molecule has 0 saturated carbocycles. The molecule has 2 rings (SSSR count). The molecule has 0 aromatic heterocycles. The van der Waals surface area contributed by atoms with Crippen LogP contribution < -0.4 is 5.32 Å². The van der Waals surface area contributed by atoms with E-state index in [4.69, 9.17) is 14.6 Å². The van der Waals surface area contributed by atoms with E-state index in [2.05, 4.69) is 5.32 Å². The number of nitrogens with zero attached hydrogens (tertiary/aromatic N) is 2. The number of hydrogen-bond acceptors (Lipinski definition) is 5. The average Bonchev–Trinajstić information content (AvgIpc) is 2.74. The molecule has 0 spiro atoms. The second-order valence-electron chi connectivity index (χ2n) is 6.48. The lowest BCUT2D eigenvalue weighted by Gasteiger charge is -2.29. The maximum absolute atomic E-state index is 13.0. The van der Waals surface area contributed by atoms with Crippen LogP contribution in [0.2, 0.25) is 0 Å². The second kappa shape index (κ2) is 12.8. The van der Waals surface area contributed by atoms with Crippen molar-refractivity contribution < 1.29 is 41.8 Å². The summed E-state index contributed by atoms with van der Waals surface area (Å²) in [7, 11) is 1.56. The van der Waals surface area contributed by atoms with E-state index in [1.165, 1.54) is 24.3 Å². The first kappa shape index (κ1) is 26.3. The van der Waals surface area contributed by atoms with Crippen LogP contribution in [0.4, 0.5) is 17.6 Å². The first-order chi connectivity index (χ1) is 14.6. The molecule has 31 heavy (non-hydrogen) atoms. The summed E-state index contributed by atoms with van der Waals surface area (Å²) in [5, 5.41) is 10.3. The van der Waals surface area contributed by atoms with Crippen molar-refractivity contribution in [2.24, 2.45) is 0 Å². The Morgan fingerprint density at radius 1 is 1.13 bits per heavy atom. The van der Waals surface area contributed by atoms with Crippen LogP contribution in [0, 0.1) is 5.82 Å². The number of halogens is 4. The minimum Gasteiger partial charge on any atom is -0.475 e. The minimum absolute atomic E-state index is 0.0471. The molecule has 2 amide bonds. The highest BCUT2D eigenvalue weighted by atomic mass is 19.4. The Labute approximate surface area is 176 Å². The van der Waals surface area contributed by atoms with E-state index in [1.807, 2.05) is 4.90 Å². The maximum Gasteiger partial charge on any atom is 0.490 e. The van der Waals surface area contributed by atoms with E-state index in [9.17, 15) is 27.2 Å². The third kappa shape index (κ3) is 9.75. The Morgan fingerprint density at radius 2 is 1.68 bits per heavy atom. The van der Waals surface area contributed by atoms with Crippen LogP contribution in [0.1, 0.15) is 16.8 Å².